The number of aldehydes is 1. The number of hydrogen-bond donors (Lipinski definition) is 0. The maximum Gasteiger partial charge on any atom is 0.151 e. The van der Waals surface area contributed by atoms with Gasteiger partial charge in [0.2, 0.25) is 0 Å². The number of methoxy groups -OCH3 is 1. The van der Waals surface area contributed by atoms with Crippen LogP contribution in [0.5, 0.6) is 5.75 Å². The lowest BCUT2D eigenvalue weighted by Crippen LogP contribution is -2.15. The van der Waals surface area contributed by atoms with Crippen LogP contribution in [0.25, 0.3) is 0 Å². The van der Waals surface area contributed by atoms with Crippen molar-refractivity contribution in [2.75, 3.05) is 7.11 Å². The highest BCUT2D eigenvalue weighted by Crippen LogP contribution is 2.35. The van der Waals surface area contributed by atoms with Gasteiger partial charge in [-0.15, -0.1) is 0 Å². The van der Waals surface area contributed by atoms with Gasteiger partial charge in [0.15, 0.2) is 6.29 Å². The molecule has 2 aromatic rings. The number of rotatable bonds is 12. The zero-order valence-electron chi connectivity index (χ0n) is 19.0. The Hall–Kier alpha value is -2.49. The summed E-state index contributed by atoms with van der Waals surface area (Å²) in [6.45, 7) is 8.16. The maximum atomic E-state index is 12.2. The third-order valence-electron chi connectivity index (χ3n) is 5.74. The van der Waals surface area contributed by atoms with Gasteiger partial charge in [0.25, 0.3) is 0 Å². The summed E-state index contributed by atoms with van der Waals surface area (Å²) in [4.78, 5) is 28.9. The van der Waals surface area contributed by atoms with Gasteiger partial charge < -0.3 is 4.74 Å². The Morgan fingerprint density at radius 1 is 1.20 bits per heavy atom. The first-order valence-electron chi connectivity index (χ1n) is 11.0. The molecule has 162 valence electrons. The predicted molar refractivity (Wildman–Crippen MR) is 122 cm³/mol. The number of aromatic nitrogens is 1. The molecule has 2 atom stereocenters. The highest BCUT2D eigenvalue weighted by Gasteiger charge is 2.25. The fourth-order valence-corrected chi connectivity index (χ4v) is 3.79. The van der Waals surface area contributed by atoms with E-state index in [1.165, 1.54) is 0 Å². The number of unbranched alkanes of at least 4 members (excludes halogenated alkanes) is 1. The highest BCUT2D eigenvalue weighted by atomic mass is 16.5. The van der Waals surface area contributed by atoms with Crippen LogP contribution in [-0.4, -0.2) is 24.2 Å². The zero-order valence-corrected chi connectivity index (χ0v) is 19.0. The van der Waals surface area contributed by atoms with Crippen molar-refractivity contribution in [1.29, 1.82) is 0 Å². The molecule has 4 nitrogen and oxygen atoms in total. The molecule has 1 aromatic carbocycles. The van der Waals surface area contributed by atoms with E-state index in [0.29, 0.717) is 23.6 Å². The molecule has 0 radical (unpaired) electrons. The van der Waals surface area contributed by atoms with Crippen molar-refractivity contribution < 1.29 is 14.3 Å². The minimum Gasteiger partial charge on any atom is -0.497 e. The summed E-state index contributed by atoms with van der Waals surface area (Å²) in [5, 5.41) is 0. The van der Waals surface area contributed by atoms with Crippen LogP contribution in [0.2, 0.25) is 0 Å². The molecule has 1 aromatic heterocycles. The number of Topliss-reactive ketones (excluding diaryl/α,β-unsaturated/α-hetero) is 1. The molecule has 0 spiro atoms. The van der Waals surface area contributed by atoms with Crippen LogP contribution in [0.4, 0.5) is 0 Å². The Morgan fingerprint density at radius 3 is 2.57 bits per heavy atom. The highest BCUT2D eigenvalue weighted by molar-refractivity contribution is 5.80. The minimum absolute atomic E-state index is 0.0860. The second-order valence-electron chi connectivity index (χ2n) is 8.24. The van der Waals surface area contributed by atoms with E-state index < -0.39 is 0 Å². The van der Waals surface area contributed by atoms with Crippen molar-refractivity contribution >= 4 is 12.1 Å². The van der Waals surface area contributed by atoms with E-state index in [0.717, 1.165) is 61.0 Å². The fraction of sp³-hybridized carbons (Fsp3) is 0.500. The number of benzene rings is 1. The van der Waals surface area contributed by atoms with Gasteiger partial charge in [0.05, 0.1) is 12.8 Å². The first-order valence-corrected chi connectivity index (χ1v) is 11.0. The summed E-state index contributed by atoms with van der Waals surface area (Å²) >= 11 is 0. The summed E-state index contributed by atoms with van der Waals surface area (Å²) in [5.74, 6) is 1.15. The second kappa shape index (κ2) is 11.6. The zero-order chi connectivity index (χ0) is 22.1. The molecule has 1 unspecified atom stereocenters. The Morgan fingerprint density at radius 2 is 1.97 bits per heavy atom. The number of aryl methyl sites for hydroxylation is 1. The van der Waals surface area contributed by atoms with Crippen LogP contribution in [0.3, 0.4) is 0 Å². The molecule has 0 saturated carbocycles. The first-order chi connectivity index (χ1) is 14.4. The van der Waals surface area contributed by atoms with Crippen LogP contribution < -0.4 is 4.74 Å². The van der Waals surface area contributed by atoms with Crippen LogP contribution in [0, 0.1) is 5.92 Å². The van der Waals surface area contributed by atoms with Gasteiger partial charge in [-0.2, -0.15) is 0 Å². The smallest absolute Gasteiger partial charge is 0.151 e. The van der Waals surface area contributed by atoms with Gasteiger partial charge in [-0.05, 0) is 67.5 Å². The number of ketones is 1. The van der Waals surface area contributed by atoms with Crippen molar-refractivity contribution in [2.24, 2.45) is 5.92 Å². The monoisotopic (exact) mass is 409 g/mol. The van der Waals surface area contributed by atoms with Gasteiger partial charge in [-0.1, -0.05) is 39.7 Å². The molecule has 0 bridgehead atoms. The third-order valence-corrected chi connectivity index (χ3v) is 5.74. The van der Waals surface area contributed by atoms with Crippen molar-refractivity contribution in [1.82, 2.24) is 4.98 Å². The molecule has 0 aliphatic heterocycles. The largest absolute Gasteiger partial charge is 0.497 e. The van der Waals surface area contributed by atoms with Gasteiger partial charge in [-0.25, -0.2) is 0 Å². The van der Waals surface area contributed by atoms with Gasteiger partial charge in [-0.3, -0.25) is 14.6 Å². The fourth-order valence-electron chi connectivity index (χ4n) is 3.79. The molecule has 2 rings (SSSR count). The molecule has 0 amide bonds. The summed E-state index contributed by atoms with van der Waals surface area (Å²) in [6.07, 6.45) is 6.15. The lowest BCUT2D eigenvalue weighted by atomic mass is 9.83. The molecular weight excluding hydrogens is 374 g/mol. The Labute approximate surface area is 181 Å². The van der Waals surface area contributed by atoms with Crippen LogP contribution in [-0.2, 0) is 17.6 Å². The van der Waals surface area contributed by atoms with Crippen molar-refractivity contribution in [3.8, 4) is 5.75 Å². The molecule has 0 aliphatic carbocycles. The summed E-state index contributed by atoms with van der Waals surface area (Å²) < 4.78 is 5.46. The predicted octanol–water partition coefficient (Wildman–Crippen LogP) is 5.94. The minimum atomic E-state index is -0.241. The average Bonchev–Trinajstić information content (AvgIpc) is 2.75. The summed E-state index contributed by atoms with van der Waals surface area (Å²) in [7, 11) is 1.67. The van der Waals surface area contributed by atoms with Crippen molar-refractivity contribution in [3.05, 3.63) is 58.4 Å². The molecular formula is C26H35NO3. The molecule has 0 N–H and O–H groups in total. The molecule has 30 heavy (non-hydrogen) atoms. The van der Waals surface area contributed by atoms with E-state index in [1.807, 2.05) is 24.3 Å². The Bertz CT molecular complexity index is 859. The number of pyridine rings is 1. The second-order valence-corrected chi connectivity index (χ2v) is 8.24. The van der Waals surface area contributed by atoms with Gasteiger partial charge >= 0.3 is 0 Å². The van der Waals surface area contributed by atoms with Crippen LogP contribution in [0.1, 0.15) is 92.2 Å². The van der Waals surface area contributed by atoms with Crippen molar-refractivity contribution in [3.63, 3.8) is 0 Å². The van der Waals surface area contributed by atoms with E-state index >= 15 is 0 Å². The van der Waals surface area contributed by atoms with E-state index in [1.54, 1.807) is 14.0 Å². The summed E-state index contributed by atoms with van der Waals surface area (Å²) in [6, 6.07) is 9.83. The number of carbonyl (C=O) groups is 2. The van der Waals surface area contributed by atoms with Gasteiger partial charge in [0, 0.05) is 23.6 Å². The lowest BCUT2D eigenvalue weighted by molar-refractivity contribution is -0.117. The maximum absolute atomic E-state index is 12.2. The first kappa shape index (κ1) is 23.8. The van der Waals surface area contributed by atoms with Crippen molar-refractivity contribution in [2.45, 2.75) is 72.1 Å². The number of nitrogens with zero attached hydrogens (tertiary/aromatic N) is 1. The van der Waals surface area contributed by atoms with Crippen LogP contribution in [0.15, 0.2) is 30.3 Å². The van der Waals surface area contributed by atoms with E-state index in [9.17, 15) is 9.59 Å². The lowest BCUT2D eigenvalue weighted by Gasteiger charge is -2.23. The number of carbonyl (C=O) groups excluding carboxylic acids is 2. The number of hydrogen-bond acceptors (Lipinski definition) is 4. The van der Waals surface area contributed by atoms with E-state index in [2.05, 4.69) is 26.8 Å². The SMILES string of the molecule is CCCCc1ccc(C=O)c([C@H](CC(C)=O)c2ccc(OC)cc2CC(C)CC)n1. The normalized spacial score (nSPS) is 13.0. The van der Waals surface area contributed by atoms with E-state index in [-0.39, 0.29) is 11.7 Å². The quantitative estimate of drug-likeness (QED) is 0.407. The van der Waals surface area contributed by atoms with Crippen LogP contribution >= 0.6 is 0 Å². The standard InChI is InChI=1S/C26H35NO3/c1-6-8-9-22-11-10-20(17-28)26(27-22)25(15-19(4)29)24-13-12-23(30-5)16-21(24)14-18(3)7-2/h10-13,16-18,25H,6-9,14-15H2,1-5H3/t18?,25-/m1/s1. The van der Waals surface area contributed by atoms with E-state index in [4.69, 9.17) is 9.72 Å². The molecule has 0 fully saturated rings. The Balaban J connectivity index is 2.63. The molecule has 1 heterocycles. The average molecular weight is 410 g/mol. The molecule has 0 saturated heterocycles. The summed E-state index contributed by atoms with van der Waals surface area (Å²) in [5.41, 5.74) is 4.47. The third kappa shape index (κ3) is 6.25. The topological polar surface area (TPSA) is 56.3 Å². The van der Waals surface area contributed by atoms with Gasteiger partial charge in [0.1, 0.15) is 11.5 Å². The molecule has 0 aliphatic rings. The number of ether oxygens (including phenoxy) is 1. The Kier molecular flexibility index (Phi) is 9.22. The molecule has 4 heteroatoms.